The number of imidazole rings is 1. The van der Waals surface area contributed by atoms with E-state index in [0.717, 1.165) is 22.4 Å². The van der Waals surface area contributed by atoms with Gasteiger partial charge in [-0.15, -0.1) is 0 Å². The van der Waals surface area contributed by atoms with Gasteiger partial charge in [0, 0.05) is 18.8 Å². The molecule has 0 radical (unpaired) electrons. The van der Waals surface area contributed by atoms with Crippen molar-refractivity contribution in [3.05, 3.63) is 72.5 Å². The number of fused-ring (bicyclic) bond motifs is 1. The molecule has 2 amide bonds. The molecule has 4 rings (SSSR count). The molecule has 0 unspecified atom stereocenters. The van der Waals surface area contributed by atoms with Crippen LogP contribution in [0.3, 0.4) is 0 Å². The summed E-state index contributed by atoms with van der Waals surface area (Å²) in [5.74, 6) is 0.776. The van der Waals surface area contributed by atoms with Crippen LogP contribution in [0.4, 0.5) is 4.79 Å². The Kier molecular flexibility index (Phi) is 4.29. The molecule has 0 aliphatic heterocycles. The minimum atomic E-state index is -0.280. The third-order valence-corrected chi connectivity index (χ3v) is 3.88. The summed E-state index contributed by atoms with van der Waals surface area (Å²) in [6.07, 6.45) is 4.95. The van der Waals surface area contributed by atoms with Gasteiger partial charge in [0.25, 0.3) is 0 Å². The molecule has 0 saturated heterocycles. The average molecular weight is 348 g/mol. The smallest absolute Gasteiger partial charge is 0.315 e. The number of carbonyl (C=O) groups is 1. The van der Waals surface area contributed by atoms with Crippen molar-refractivity contribution in [2.75, 3.05) is 0 Å². The van der Waals surface area contributed by atoms with Gasteiger partial charge in [0.05, 0.1) is 17.6 Å². The zero-order valence-corrected chi connectivity index (χ0v) is 13.8. The summed E-state index contributed by atoms with van der Waals surface area (Å²) in [5.41, 5.74) is 3.48. The summed E-state index contributed by atoms with van der Waals surface area (Å²) in [5, 5.41) is 9.21. The highest BCUT2D eigenvalue weighted by molar-refractivity contribution is 5.76. The number of urea groups is 1. The van der Waals surface area contributed by atoms with Crippen LogP contribution in [0.25, 0.3) is 16.9 Å². The van der Waals surface area contributed by atoms with Gasteiger partial charge in [-0.3, -0.25) is 4.57 Å². The number of nitrogens with one attached hydrogen (secondary N) is 2. The highest BCUT2D eigenvalue weighted by atomic mass is 16.5. The molecule has 0 spiro atoms. The Labute approximate surface area is 148 Å². The molecular formula is C18H16N6O2. The van der Waals surface area contributed by atoms with E-state index in [9.17, 15) is 4.79 Å². The van der Waals surface area contributed by atoms with Crippen LogP contribution in [0.15, 0.2) is 65.8 Å². The monoisotopic (exact) mass is 348 g/mol. The van der Waals surface area contributed by atoms with Crippen LogP contribution in [0.2, 0.25) is 0 Å². The lowest BCUT2D eigenvalue weighted by Gasteiger charge is -2.08. The van der Waals surface area contributed by atoms with Gasteiger partial charge in [0.1, 0.15) is 24.1 Å². The van der Waals surface area contributed by atoms with E-state index in [1.165, 1.54) is 6.26 Å². The van der Waals surface area contributed by atoms with Crippen LogP contribution in [-0.4, -0.2) is 25.7 Å². The highest BCUT2D eigenvalue weighted by Gasteiger charge is 2.06. The Morgan fingerprint density at radius 2 is 1.92 bits per heavy atom. The van der Waals surface area contributed by atoms with E-state index >= 15 is 0 Å². The number of benzene rings is 1. The molecule has 8 heteroatoms. The molecular weight excluding hydrogens is 332 g/mol. The van der Waals surface area contributed by atoms with Crippen LogP contribution < -0.4 is 10.6 Å². The second kappa shape index (κ2) is 7.06. The quantitative estimate of drug-likeness (QED) is 0.577. The molecule has 0 atom stereocenters. The van der Waals surface area contributed by atoms with Gasteiger partial charge in [-0.05, 0) is 23.8 Å². The maximum Gasteiger partial charge on any atom is 0.315 e. The van der Waals surface area contributed by atoms with Crippen molar-refractivity contribution in [3.8, 4) is 5.82 Å². The molecule has 2 N–H and O–H groups in total. The van der Waals surface area contributed by atoms with Crippen LogP contribution in [0.5, 0.6) is 0 Å². The summed E-state index contributed by atoms with van der Waals surface area (Å²) in [6.45, 7) is 0.690. The molecule has 3 heterocycles. The minimum Gasteiger partial charge on any atom is -0.364 e. The summed E-state index contributed by atoms with van der Waals surface area (Å²) < 4.78 is 6.64. The van der Waals surface area contributed by atoms with E-state index in [1.54, 1.807) is 18.6 Å². The van der Waals surface area contributed by atoms with E-state index in [4.69, 9.17) is 4.52 Å². The lowest BCUT2D eigenvalue weighted by atomic mass is 10.2. The first kappa shape index (κ1) is 15.8. The highest BCUT2D eigenvalue weighted by Crippen LogP contribution is 2.16. The Hall–Kier alpha value is -3.68. The van der Waals surface area contributed by atoms with Gasteiger partial charge in [0.2, 0.25) is 0 Å². The molecule has 26 heavy (non-hydrogen) atoms. The Morgan fingerprint density at radius 1 is 1.04 bits per heavy atom. The molecule has 0 fully saturated rings. The molecule has 4 aromatic rings. The first-order valence-electron chi connectivity index (χ1n) is 8.08. The van der Waals surface area contributed by atoms with Gasteiger partial charge < -0.3 is 15.2 Å². The van der Waals surface area contributed by atoms with E-state index in [0.29, 0.717) is 18.8 Å². The minimum absolute atomic E-state index is 0.280. The van der Waals surface area contributed by atoms with Crippen LogP contribution in [0.1, 0.15) is 11.3 Å². The second-order valence-corrected chi connectivity index (χ2v) is 5.65. The number of pyridine rings is 1. The normalized spacial score (nSPS) is 10.8. The van der Waals surface area contributed by atoms with Crippen molar-refractivity contribution >= 4 is 17.1 Å². The van der Waals surface area contributed by atoms with Crippen LogP contribution in [0, 0.1) is 0 Å². The predicted octanol–water partition coefficient (Wildman–Crippen LogP) is 2.41. The Balaban J connectivity index is 1.36. The average Bonchev–Trinajstić information content (AvgIpc) is 3.35. The van der Waals surface area contributed by atoms with Gasteiger partial charge in [0.15, 0.2) is 0 Å². The van der Waals surface area contributed by atoms with E-state index in [1.807, 2.05) is 41.0 Å². The van der Waals surface area contributed by atoms with Gasteiger partial charge in [-0.25, -0.2) is 14.8 Å². The SMILES string of the molecule is O=C(NCc1ccc(-n2cnc3ccccc32)nc1)NCc1ccon1. The predicted molar refractivity (Wildman–Crippen MR) is 94.4 cm³/mol. The first-order valence-corrected chi connectivity index (χ1v) is 8.08. The van der Waals surface area contributed by atoms with Crippen molar-refractivity contribution in [2.45, 2.75) is 13.1 Å². The van der Waals surface area contributed by atoms with Gasteiger partial charge in [-0.2, -0.15) is 0 Å². The van der Waals surface area contributed by atoms with Crippen molar-refractivity contribution in [1.82, 2.24) is 30.3 Å². The number of rotatable bonds is 5. The lowest BCUT2D eigenvalue weighted by molar-refractivity contribution is 0.240. The van der Waals surface area contributed by atoms with E-state index in [-0.39, 0.29) is 6.03 Å². The largest absolute Gasteiger partial charge is 0.364 e. The fourth-order valence-corrected chi connectivity index (χ4v) is 2.55. The topological polar surface area (TPSA) is 97.9 Å². The third kappa shape index (κ3) is 3.39. The molecule has 0 saturated carbocycles. The maximum atomic E-state index is 11.8. The Bertz CT molecular complexity index is 1010. The summed E-state index contributed by atoms with van der Waals surface area (Å²) in [6, 6.07) is 13.1. The lowest BCUT2D eigenvalue weighted by Crippen LogP contribution is -2.34. The molecule has 0 bridgehead atoms. The number of nitrogens with zero attached hydrogens (tertiary/aromatic N) is 4. The van der Waals surface area contributed by atoms with Crippen molar-refractivity contribution in [3.63, 3.8) is 0 Å². The molecule has 8 nitrogen and oxygen atoms in total. The summed E-state index contributed by atoms with van der Waals surface area (Å²) >= 11 is 0. The van der Waals surface area contributed by atoms with Crippen molar-refractivity contribution in [2.24, 2.45) is 0 Å². The molecule has 130 valence electrons. The molecule has 3 aromatic heterocycles. The number of aromatic nitrogens is 4. The number of amides is 2. The fraction of sp³-hybridized carbons (Fsp3) is 0.111. The number of hydrogen-bond acceptors (Lipinski definition) is 5. The third-order valence-electron chi connectivity index (χ3n) is 3.88. The molecule has 1 aromatic carbocycles. The number of para-hydroxylation sites is 2. The number of carbonyl (C=O) groups excluding carboxylic acids is 1. The molecule has 0 aliphatic rings. The number of hydrogen-bond donors (Lipinski definition) is 2. The van der Waals surface area contributed by atoms with Gasteiger partial charge >= 0.3 is 6.03 Å². The zero-order valence-electron chi connectivity index (χ0n) is 13.8. The van der Waals surface area contributed by atoms with Crippen molar-refractivity contribution < 1.29 is 9.32 Å². The standard InChI is InChI=1S/C18H16N6O2/c25-18(21-11-14-7-8-26-23-14)20-10-13-5-6-17(19-9-13)24-12-22-15-3-1-2-4-16(15)24/h1-9,12H,10-11H2,(H2,20,21,25). The Morgan fingerprint density at radius 3 is 2.73 bits per heavy atom. The van der Waals surface area contributed by atoms with E-state index in [2.05, 4.69) is 25.8 Å². The zero-order chi connectivity index (χ0) is 17.8. The van der Waals surface area contributed by atoms with E-state index < -0.39 is 0 Å². The maximum absolute atomic E-state index is 11.8. The van der Waals surface area contributed by atoms with Crippen LogP contribution >= 0.6 is 0 Å². The van der Waals surface area contributed by atoms with Gasteiger partial charge in [-0.1, -0.05) is 23.4 Å². The van der Waals surface area contributed by atoms with Crippen molar-refractivity contribution in [1.29, 1.82) is 0 Å². The first-order chi connectivity index (χ1) is 12.8. The summed E-state index contributed by atoms with van der Waals surface area (Å²) in [7, 11) is 0. The fourth-order valence-electron chi connectivity index (χ4n) is 2.55. The van der Waals surface area contributed by atoms with Crippen LogP contribution in [-0.2, 0) is 13.1 Å². The second-order valence-electron chi connectivity index (χ2n) is 5.65. The summed E-state index contributed by atoms with van der Waals surface area (Å²) in [4.78, 5) is 20.6. The molecule has 0 aliphatic carbocycles.